The molecule has 2 aliphatic rings. The van der Waals surface area contributed by atoms with Crippen LogP contribution in [0.25, 0.3) is 0 Å². The molecule has 4 amide bonds. The van der Waals surface area contributed by atoms with Crippen LogP contribution in [-0.2, 0) is 28.7 Å². The van der Waals surface area contributed by atoms with Gasteiger partial charge in [0.1, 0.15) is 29.9 Å². The average molecular weight is 513 g/mol. The number of rotatable bonds is 1. The number of ether oxygens (including phenoxy) is 1. The van der Waals surface area contributed by atoms with Gasteiger partial charge in [0.05, 0.1) is 6.42 Å². The number of fused-ring (bicyclic) bond motifs is 7. The van der Waals surface area contributed by atoms with Gasteiger partial charge in [-0.3, -0.25) is 19.2 Å². The van der Waals surface area contributed by atoms with Gasteiger partial charge in [-0.2, -0.15) is 0 Å². The van der Waals surface area contributed by atoms with Crippen molar-refractivity contribution in [2.24, 2.45) is 5.92 Å². The summed E-state index contributed by atoms with van der Waals surface area (Å²) in [5.41, 5.74) is -0.0467. The van der Waals surface area contributed by atoms with Crippen LogP contribution in [0.5, 0.6) is 0 Å². The van der Waals surface area contributed by atoms with Crippen LogP contribution in [0.2, 0.25) is 0 Å². The number of allylic oxidation sites excluding steroid dienone is 2. The summed E-state index contributed by atoms with van der Waals surface area (Å²) in [6.45, 7) is 6.58. The SMILES string of the molecule is C/C=C1\NC(=O)[C@H]2CSSCC/C=C/[C@H](CC(=O)N[C@H](C)C(=O)N2)OC(=O)C(C(C)C)NC1=O. The Morgan fingerprint density at radius 2 is 1.79 bits per heavy atom. The summed E-state index contributed by atoms with van der Waals surface area (Å²) < 4.78 is 5.59. The molecule has 10 nitrogen and oxygen atoms in total. The first-order valence-corrected chi connectivity index (χ1v) is 13.6. The second-order valence-corrected chi connectivity index (χ2v) is 10.9. The lowest BCUT2D eigenvalue weighted by Crippen LogP contribution is -2.55. The van der Waals surface area contributed by atoms with Crippen LogP contribution < -0.4 is 21.3 Å². The minimum atomic E-state index is -0.998. The zero-order valence-corrected chi connectivity index (χ0v) is 21.3. The fourth-order valence-corrected chi connectivity index (χ4v) is 5.29. The van der Waals surface area contributed by atoms with Crippen molar-refractivity contribution >= 4 is 51.2 Å². The molecule has 4 atom stereocenters. The number of amides is 4. The van der Waals surface area contributed by atoms with Gasteiger partial charge in [0, 0.05) is 11.5 Å². The summed E-state index contributed by atoms with van der Waals surface area (Å²) >= 11 is 0. The van der Waals surface area contributed by atoms with Gasteiger partial charge in [-0.05, 0) is 32.3 Å². The molecule has 2 aliphatic heterocycles. The number of nitrogens with one attached hydrogen (secondary N) is 4. The Bertz CT molecular complexity index is 860. The molecule has 0 spiro atoms. The van der Waals surface area contributed by atoms with Crippen molar-refractivity contribution in [3.63, 3.8) is 0 Å². The van der Waals surface area contributed by atoms with Crippen LogP contribution in [0.3, 0.4) is 0 Å². The molecule has 0 aromatic carbocycles. The van der Waals surface area contributed by atoms with Crippen molar-refractivity contribution in [1.29, 1.82) is 0 Å². The Hall–Kier alpha value is -2.47. The Morgan fingerprint density at radius 3 is 2.47 bits per heavy atom. The predicted molar refractivity (Wildman–Crippen MR) is 131 cm³/mol. The van der Waals surface area contributed by atoms with Crippen LogP contribution >= 0.6 is 21.6 Å². The largest absolute Gasteiger partial charge is 0.456 e. The van der Waals surface area contributed by atoms with Gasteiger partial charge in [-0.1, -0.05) is 47.6 Å². The number of hydrogen-bond acceptors (Lipinski definition) is 8. The van der Waals surface area contributed by atoms with Crippen LogP contribution in [0, 0.1) is 5.92 Å². The molecule has 1 unspecified atom stereocenters. The highest BCUT2D eigenvalue weighted by molar-refractivity contribution is 8.76. The minimum Gasteiger partial charge on any atom is -0.456 e. The first-order valence-electron chi connectivity index (χ1n) is 11.1. The van der Waals surface area contributed by atoms with Crippen molar-refractivity contribution in [2.45, 2.75) is 64.8 Å². The van der Waals surface area contributed by atoms with Crippen molar-refractivity contribution in [3.8, 4) is 0 Å². The van der Waals surface area contributed by atoms with E-state index in [1.807, 2.05) is 6.08 Å². The van der Waals surface area contributed by atoms with Crippen LogP contribution in [-0.4, -0.2) is 65.3 Å². The van der Waals surface area contributed by atoms with E-state index < -0.39 is 53.8 Å². The highest BCUT2D eigenvalue weighted by Crippen LogP contribution is 2.23. The lowest BCUT2D eigenvalue weighted by molar-refractivity contribution is -0.153. The van der Waals surface area contributed by atoms with Gasteiger partial charge in [0.15, 0.2) is 0 Å². The fraction of sp³-hybridized carbons (Fsp3) is 0.591. The normalized spacial score (nSPS) is 30.5. The van der Waals surface area contributed by atoms with Crippen LogP contribution in [0.1, 0.15) is 40.5 Å². The molecule has 188 valence electrons. The molecule has 34 heavy (non-hydrogen) atoms. The summed E-state index contributed by atoms with van der Waals surface area (Å²) in [4.78, 5) is 64.1. The smallest absolute Gasteiger partial charge is 0.329 e. The van der Waals surface area contributed by atoms with E-state index in [0.717, 1.165) is 0 Å². The summed E-state index contributed by atoms with van der Waals surface area (Å²) in [5.74, 6) is -2.32. The number of carbonyl (C=O) groups excluding carboxylic acids is 5. The van der Waals surface area contributed by atoms with Crippen LogP contribution in [0.4, 0.5) is 0 Å². The molecule has 0 aromatic rings. The first-order chi connectivity index (χ1) is 16.1. The lowest BCUT2D eigenvalue weighted by atomic mass is 10.0. The molecule has 12 heteroatoms. The molecule has 2 heterocycles. The van der Waals surface area contributed by atoms with E-state index >= 15 is 0 Å². The predicted octanol–water partition coefficient (Wildman–Crippen LogP) is 0.794. The van der Waals surface area contributed by atoms with Gasteiger partial charge < -0.3 is 26.0 Å². The van der Waals surface area contributed by atoms with E-state index in [2.05, 4.69) is 21.3 Å². The third-order valence-electron chi connectivity index (χ3n) is 5.09. The molecule has 2 rings (SSSR count). The number of carbonyl (C=O) groups is 5. The second kappa shape index (κ2) is 13.4. The maximum Gasteiger partial charge on any atom is 0.329 e. The Labute approximate surface area is 207 Å². The van der Waals surface area contributed by atoms with Crippen molar-refractivity contribution in [3.05, 3.63) is 23.9 Å². The average Bonchev–Trinajstić information content (AvgIpc) is 2.77. The van der Waals surface area contributed by atoms with E-state index in [0.29, 0.717) is 12.2 Å². The van der Waals surface area contributed by atoms with E-state index in [4.69, 9.17) is 4.74 Å². The fourth-order valence-electron chi connectivity index (χ4n) is 3.14. The van der Waals surface area contributed by atoms with Crippen molar-refractivity contribution < 1.29 is 28.7 Å². The van der Waals surface area contributed by atoms with Gasteiger partial charge in [-0.15, -0.1) is 0 Å². The van der Waals surface area contributed by atoms with Gasteiger partial charge in [-0.25, -0.2) is 4.79 Å². The topological polar surface area (TPSA) is 143 Å². The standard InChI is InChI=1S/C22H32N4O6S2/c1-5-15-20(29)26-18(12(2)3)22(31)32-14-8-6-7-9-33-34-11-16(21(30)24-15)25-19(28)13(4)23-17(27)10-14/h5-6,8,12-14,16,18H,7,9-11H2,1-4H3,(H,23,27)(H,24,30)(H,25,28)(H,26,29)/b8-6+,15-5-/t13-,14-,16-,18?/m1/s1. The third-order valence-corrected chi connectivity index (χ3v) is 7.54. The van der Waals surface area contributed by atoms with Crippen molar-refractivity contribution in [1.82, 2.24) is 21.3 Å². The van der Waals surface area contributed by atoms with E-state index in [1.54, 1.807) is 26.8 Å². The summed E-state index contributed by atoms with van der Waals surface area (Å²) in [5, 5.41) is 10.4. The summed E-state index contributed by atoms with van der Waals surface area (Å²) in [6.07, 6.45) is 4.49. The Morgan fingerprint density at radius 1 is 1.06 bits per heavy atom. The highest BCUT2D eigenvalue weighted by atomic mass is 33.1. The summed E-state index contributed by atoms with van der Waals surface area (Å²) in [6, 6.07) is -2.87. The maximum atomic E-state index is 13.0. The molecule has 1 fully saturated rings. The van der Waals surface area contributed by atoms with Crippen LogP contribution in [0.15, 0.2) is 23.9 Å². The zero-order chi connectivity index (χ0) is 25.3. The molecule has 2 bridgehead atoms. The van der Waals surface area contributed by atoms with Crippen molar-refractivity contribution in [2.75, 3.05) is 11.5 Å². The van der Waals surface area contributed by atoms with Gasteiger partial charge in [0.2, 0.25) is 17.7 Å². The molecular formula is C22H32N4O6S2. The quantitative estimate of drug-likeness (QED) is 0.175. The van der Waals surface area contributed by atoms with E-state index in [9.17, 15) is 24.0 Å². The minimum absolute atomic E-state index is 0.0467. The molecule has 0 radical (unpaired) electrons. The molecule has 0 aromatic heterocycles. The summed E-state index contributed by atoms with van der Waals surface area (Å²) in [7, 11) is 2.93. The molecule has 1 saturated heterocycles. The van der Waals surface area contributed by atoms with Gasteiger partial charge in [0.25, 0.3) is 5.91 Å². The van der Waals surface area contributed by atoms with E-state index in [-0.39, 0.29) is 23.8 Å². The number of hydrogen-bond donors (Lipinski definition) is 4. The van der Waals surface area contributed by atoms with E-state index in [1.165, 1.54) is 34.6 Å². The lowest BCUT2D eigenvalue weighted by Gasteiger charge is -2.26. The highest BCUT2D eigenvalue weighted by Gasteiger charge is 2.32. The molecular weight excluding hydrogens is 480 g/mol. The number of esters is 1. The monoisotopic (exact) mass is 512 g/mol. The molecule has 0 saturated carbocycles. The molecule has 4 N–H and O–H groups in total. The first kappa shape index (κ1) is 27.8. The molecule has 0 aliphatic carbocycles. The third kappa shape index (κ3) is 8.39. The Kier molecular flexibility index (Phi) is 11.0. The second-order valence-electron chi connectivity index (χ2n) is 8.24. The Balaban J connectivity index is 2.49. The van der Waals surface area contributed by atoms with Gasteiger partial charge >= 0.3 is 5.97 Å². The maximum absolute atomic E-state index is 13.0. The zero-order valence-electron chi connectivity index (χ0n) is 19.7.